The van der Waals surface area contributed by atoms with Crippen LogP contribution in [0.2, 0.25) is 0 Å². The molecule has 1 heterocycles. The third-order valence-electron chi connectivity index (χ3n) is 1.85. The van der Waals surface area contributed by atoms with E-state index >= 15 is 0 Å². The van der Waals surface area contributed by atoms with Crippen LogP contribution in [0.4, 0.5) is 0 Å². The van der Waals surface area contributed by atoms with Gasteiger partial charge in [-0.25, -0.2) is 9.78 Å². The number of hydrogen-bond donors (Lipinski definition) is 0. The predicted molar refractivity (Wildman–Crippen MR) is 51.4 cm³/mol. The fraction of sp³-hybridized carbons (Fsp3) is 0.333. The van der Waals surface area contributed by atoms with Crippen molar-refractivity contribution in [2.24, 2.45) is 5.92 Å². The monoisotopic (exact) mass is 257 g/mol. The minimum absolute atomic E-state index is 0.0328. The smallest absolute Gasteiger partial charge is 0.284 e. The van der Waals surface area contributed by atoms with Gasteiger partial charge in [0.05, 0.1) is 5.92 Å². The maximum absolute atomic E-state index is 11.1. The first-order valence-electron chi connectivity index (χ1n) is 4.26. The minimum atomic E-state index is -0.305. The van der Waals surface area contributed by atoms with Gasteiger partial charge in [0, 0.05) is 6.20 Å². The summed E-state index contributed by atoms with van der Waals surface area (Å²) >= 11 is 3.17. The van der Waals surface area contributed by atoms with Crippen LogP contribution in [0.3, 0.4) is 0 Å². The van der Waals surface area contributed by atoms with Crippen LogP contribution >= 0.6 is 15.9 Å². The van der Waals surface area contributed by atoms with Crippen molar-refractivity contribution in [3.63, 3.8) is 0 Å². The van der Waals surface area contributed by atoms with Gasteiger partial charge < -0.3 is 0 Å². The molecule has 0 spiro atoms. The van der Waals surface area contributed by atoms with E-state index in [0.717, 1.165) is 12.8 Å². The Kier molecular flexibility index (Phi) is 2.67. The van der Waals surface area contributed by atoms with Crippen LogP contribution in [0.15, 0.2) is 22.9 Å². The van der Waals surface area contributed by atoms with Gasteiger partial charge in [-0.05, 0) is 40.9 Å². The van der Waals surface area contributed by atoms with E-state index in [-0.39, 0.29) is 11.9 Å². The normalized spacial score (nSPS) is 14.9. The van der Waals surface area contributed by atoms with E-state index in [1.165, 1.54) is 0 Å². The summed E-state index contributed by atoms with van der Waals surface area (Å²) < 4.78 is 0.517. The molecule has 0 saturated heterocycles. The molecule has 0 radical (unpaired) electrons. The molecule has 1 aromatic rings. The lowest BCUT2D eigenvalue weighted by Crippen LogP contribution is -2.09. The molecule has 5 heteroatoms. The third-order valence-corrected chi connectivity index (χ3v) is 2.44. The number of nitrogens with zero attached hydrogens (tertiary/aromatic N) is 1. The van der Waals surface area contributed by atoms with Gasteiger partial charge in [-0.3, -0.25) is 9.78 Å². The second kappa shape index (κ2) is 3.96. The van der Waals surface area contributed by atoms with Gasteiger partial charge in [0.1, 0.15) is 0 Å². The summed E-state index contributed by atoms with van der Waals surface area (Å²) in [6.45, 7) is 0. The van der Waals surface area contributed by atoms with Crippen LogP contribution in [0.25, 0.3) is 0 Å². The molecule has 4 nitrogen and oxygen atoms in total. The molecular formula is C9H8BrNO3. The zero-order valence-corrected chi connectivity index (χ0v) is 8.86. The average molecular weight is 258 g/mol. The quantitative estimate of drug-likeness (QED) is 0.473. The van der Waals surface area contributed by atoms with Crippen molar-refractivity contribution in [2.45, 2.75) is 12.8 Å². The third kappa shape index (κ3) is 2.23. The minimum Gasteiger partial charge on any atom is -0.284 e. The number of aromatic nitrogens is 1. The maximum atomic E-state index is 11.1. The number of hydrogen-bond acceptors (Lipinski definition) is 4. The van der Waals surface area contributed by atoms with Gasteiger partial charge in [-0.1, -0.05) is 0 Å². The van der Waals surface area contributed by atoms with Crippen molar-refractivity contribution in [3.05, 3.63) is 22.9 Å². The number of rotatable bonds is 3. The molecule has 14 heavy (non-hydrogen) atoms. The average Bonchev–Trinajstić information content (AvgIpc) is 2.99. The van der Waals surface area contributed by atoms with Gasteiger partial charge in [0.15, 0.2) is 4.60 Å². The van der Waals surface area contributed by atoms with Gasteiger partial charge >= 0.3 is 5.97 Å². The standard InChI is InChI=1S/C9H8BrNO3/c10-8-7(2-1-5-11-8)13-14-9(12)6-3-4-6/h1-2,5-6H,3-4H2. The number of carbonyl (C=O) groups excluding carboxylic acids is 1. The number of pyridine rings is 1. The highest BCUT2D eigenvalue weighted by molar-refractivity contribution is 9.10. The summed E-state index contributed by atoms with van der Waals surface area (Å²) in [5, 5.41) is 0. The van der Waals surface area contributed by atoms with Crippen molar-refractivity contribution in [1.29, 1.82) is 0 Å². The first-order chi connectivity index (χ1) is 6.77. The van der Waals surface area contributed by atoms with Crippen LogP contribution in [0, 0.1) is 5.92 Å². The Labute approximate surface area is 89.3 Å². The summed E-state index contributed by atoms with van der Waals surface area (Å²) in [4.78, 5) is 24.5. The molecule has 1 aliphatic carbocycles. The summed E-state index contributed by atoms with van der Waals surface area (Å²) in [7, 11) is 0. The van der Waals surface area contributed by atoms with E-state index in [9.17, 15) is 4.79 Å². The van der Waals surface area contributed by atoms with Gasteiger partial charge in [0.25, 0.3) is 0 Å². The molecule has 0 aliphatic heterocycles. The molecule has 0 amide bonds. The first kappa shape index (κ1) is 9.45. The van der Waals surface area contributed by atoms with Crippen molar-refractivity contribution < 1.29 is 14.6 Å². The zero-order valence-electron chi connectivity index (χ0n) is 7.27. The maximum Gasteiger partial charge on any atom is 0.358 e. The van der Waals surface area contributed by atoms with E-state index < -0.39 is 0 Å². The first-order valence-corrected chi connectivity index (χ1v) is 5.05. The van der Waals surface area contributed by atoms with Crippen LogP contribution < -0.4 is 4.89 Å². The molecule has 0 bridgehead atoms. The Bertz CT molecular complexity index is 352. The molecule has 2 rings (SSSR count). The van der Waals surface area contributed by atoms with Crippen LogP contribution in [-0.2, 0) is 9.68 Å². The van der Waals surface area contributed by atoms with Gasteiger partial charge in [-0.2, -0.15) is 0 Å². The Morgan fingerprint density at radius 1 is 1.57 bits per heavy atom. The molecule has 1 fully saturated rings. The molecular weight excluding hydrogens is 250 g/mol. The zero-order chi connectivity index (χ0) is 9.97. The van der Waals surface area contributed by atoms with E-state index in [4.69, 9.17) is 4.89 Å². The summed E-state index contributed by atoms with van der Waals surface area (Å²) in [6.07, 6.45) is 3.41. The second-order valence-corrected chi connectivity index (χ2v) is 3.80. The molecule has 1 saturated carbocycles. The van der Waals surface area contributed by atoms with Gasteiger partial charge in [0.2, 0.25) is 5.75 Å². The Balaban J connectivity index is 1.91. The van der Waals surface area contributed by atoms with Crippen molar-refractivity contribution >= 4 is 21.9 Å². The molecule has 0 N–H and O–H groups in total. The van der Waals surface area contributed by atoms with Crippen LogP contribution in [0.5, 0.6) is 5.75 Å². The van der Waals surface area contributed by atoms with E-state index in [2.05, 4.69) is 25.8 Å². The molecule has 1 aromatic heterocycles. The highest BCUT2D eigenvalue weighted by Crippen LogP contribution is 2.30. The Morgan fingerprint density at radius 3 is 3.00 bits per heavy atom. The second-order valence-electron chi connectivity index (χ2n) is 3.05. The number of halogens is 1. The molecule has 1 aliphatic rings. The summed E-state index contributed by atoms with van der Waals surface area (Å²) in [6, 6.07) is 3.36. The van der Waals surface area contributed by atoms with Crippen molar-refractivity contribution in [2.75, 3.05) is 0 Å². The Hall–Kier alpha value is -1.10. The van der Waals surface area contributed by atoms with E-state index in [1.807, 2.05) is 0 Å². The predicted octanol–water partition coefficient (Wildman–Crippen LogP) is 2.09. The van der Waals surface area contributed by atoms with Crippen molar-refractivity contribution in [1.82, 2.24) is 4.98 Å². The largest absolute Gasteiger partial charge is 0.358 e. The Morgan fingerprint density at radius 2 is 2.36 bits per heavy atom. The SMILES string of the molecule is O=C(OOc1cccnc1Br)C1CC1. The molecule has 0 aromatic carbocycles. The molecule has 0 atom stereocenters. The summed E-state index contributed by atoms with van der Waals surface area (Å²) in [5.41, 5.74) is 0. The lowest BCUT2D eigenvalue weighted by Gasteiger charge is -2.03. The lowest BCUT2D eigenvalue weighted by molar-refractivity contribution is -0.215. The van der Waals surface area contributed by atoms with E-state index in [1.54, 1.807) is 18.3 Å². The topological polar surface area (TPSA) is 48.4 Å². The summed E-state index contributed by atoms with van der Waals surface area (Å²) in [5.74, 6) is 0.132. The van der Waals surface area contributed by atoms with Crippen molar-refractivity contribution in [3.8, 4) is 5.75 Å². The highest BCUT2D eigenvalue weighted by atomic mass is 79.9. The van der Waals surface area contributed by atoms with Crippen LogP contribution in [-0.4, -0.2) is 11.0 Å². The highest BCUT2D eigenvalue weighted by Gasteiger charge is 2.32. The number of carbonyl (C=O) groups is 1. The molecule has 0 unspecified atom stereocenters. The van der Waals surface area contributed by atoms with Gasteiger partial charge in [-0.15, -0.1) is 0 Å². The van der Waals surface area contributed by atoms with Crippen LogP contribution in [0.1, 0.15) is 12.8 Å². The van der Waals surface area contributed by atoms with E-state index in [0.29, 0.717) is 10.4 Å². The fourth-order valence-corrected chi connectivity index (χ4v) is 1.22. The fourth-order valence-electron chi connectivity index (χ4n) is 0.906. The lowest BCUT2D eigenvalue weighted by atomic mass is 10.4. The molecule has 74 valence electrons.